The number of hydrogen-bond donors (Lipinski definition) is 1. The van der Waals surface area contributed by atoms with Crippen LogP contribution in [0.3, 0.4) is 0 Å². The molecule has 2 unspecified atom stereocenters. The van der Waals surface area contributed by atoms with Crippen LogP contribution >= 0.6 is 0 Å². The Morgan fingerprint density at radius 1 is 1.32 bits per heavy atom. The molecule has 1 fully saturated rings. The Bertz CT molecular complexity index is 525. The number of likely N-dealkylation sites (N-methyl/N-ethyl adjacent to an activating group) is 1. The molecule has 1 aliphatic heterocycles. The molecule has 4 heteroatoms. The lowest BCUT2D eigenvalue weighted by Gasteiger charge is -2.15. The van der Waals surface area contributed by atoms with E-state index in [1.54, 1.807) is 6.20 Å². The SMILES string of the molecule is CC1CC(Nc2cccc(-n3cccn3)c2)CN1C. The van der Waals surface area contributed by atoms with E-state index in [0.717, 1.165) is 12.2 Å². The smallest absolute Gasteiger partial charge is 0.0666 e. The first-order valence-corrected chi connectivity index (χ1v) is 6.79. The quantitative estimate of drug-likeness (QED) is 0.915. The summed E-state index contributed by atoms with van der Waals surface area (Å²) in [5, 5.41) is 7.89. The average Bonchev–Trinajstić information content (AvgIpc) is 3.01. The Morgan fingerprint density at radius 3 is 2.89 bits per heavy atom. The van der Waals surface area contributed by atoms with Gasteiger partial charge in [-0.25, -0.2) is 4.68 Å². The van der Waals surface area contributed by atoms with Crippen molar-refractivity contribution in [2.75, 3.05) is 18.9 Å². The maximum atomic E-state index is 4.26. The van der Waals surface area contributed by atoms with Crippen LogP contribution in [0.15, 0.2) is 42.7 Å². The fraction of sp³-hybridized carbons (Fsp3) is 0.400. The summed E-state index contributed by atoms with van der Waals surface area (Å²) in [6.07, 6.45) is 4.96. The zero-order valence-corrected chi connectivity index (χ0v) is 11.5. The van der Waals surface area contributed by atoms with Gasteiger partial charge in [0.15, 0.2) is 0 Å². The third-order valence-electron chi connectivity index (χ3n) is 3.87. The zero-order valence-electron chi connectivity index (χ0n) is 11.5. The molecule has 1 aromatic heterocycles. The Balaban J connectivity index is 1.74. The minimum absolute atomic E-state index is 0.535. The van der Waals surface area contributed by atoms with Gasteiger partial charge in [-0.3, -0.25) is 0 Å². The van der Waals surface area contributed by atoms with Crippen LogP contribution in [-0.2, 0) is 0 Å². The van der Waals surface area contributed by atoms with Crippen LogP contribution in [0.5, 0.6) is 0 Å². The zero-order chi connectivity index (χ0) is 13.2. The molecule has 2 aromatic rings. The van der Waals surface area contributed by atoms with E-state index in [1.807, 2.05) is 16.9 Å². The van der Waals surface area contributed by atoms with Crippen LogP contribution in [0.1, 0.15) is 13.3 Å². The van der Waals surface area contributed by atoms with Crippen molar-refractivity contribution in [3.05, 3.63) is 42.7 Å². The van der Waals surface area contributed by atoms with Gasteiger partial charge in [0.2, 0.25) is 0 Å². The number of nitrogens with zero attached hydrogens (tertiary/aromatic N) is 3. The summed E-state index contributed by atoms with van der Waals surface area (Å²) in [5.74, 6) is 0. The summed E-state index contributed by atoms with van der Waals surface area (Å²) in [6, 6.07) is 11.5. The van der Waals surface area contributed by atoms with E-state index in [4.69, 9.17) is 0 Å². The second kappa shape index (κ2) is 5.05. The third-order valence-corrected chi connectivity index (χ3v) is 3.87. The predicted molar refractivity (Wildman–Crippen MR) is 77.7 cm³/mol. The van der Waals surface area contributed by atoms with Gasteiger partial charge in [0.25, 0.3) is 0 Å². The summed E-state index contributed by atoms with van der Waals surface area (Å²) in [4.78, 5) is 2.40. The molecular formula is C15H20N4. The van der Waals surface area contributed by atoms with Crippen molar-refractivity contribution in [1.82, 2.24) is 14.7 Å². The predicted octanol–water partition coefficient (Wildman–Crippen LogP) is 2.38. The van der Waals surface area contributed by atoms with Gasteiger partial charge in [0.1, 0.15) is 0 Å². The highest BCUT2D eigenvalue weighted by Gasteiger charge is 2.25. The molecule has 3 rings (SSSR count). The largest absolute Gasteiger partial charge is 0.381 e. The Morgan fingerprint density at radius 2 is 2.21 bits per heavy atom. The monoisotopic (exact) mass is 256 g/mol. The fourth-order valence-electron chi connectivity index (χ4n) is 2.69. The van der Waals surface area contributed by atoms with E-state index in [0.29, 0.717) is 12.1 Å². The lowest BCUT2D eigenvalue weighted by Crippen LogP contribution is -2.24. The minimum atomic E-state index is 0.535. The van der Waals surface area contributed by atoms with Crippen LogP contribution < -0.4 is 5.32 Å². The summed E-state index contributed by atoms with van der Waals surface area (Å²) in [6.45, 7) is 3.38. The van der Waals surface area contributed by atoms with Gasteiger partial charge in [0, 0.05) is 36.7 Å². The summed E-state index contributed by atoms with van der Waals surface area (Å²) < 4.78 is 1.88. The highest BCUT2D eigenvalue weighted by atomic mass is 15.3. The second-order valence-corrected chi connectivity index (χ2v) is 5.37. The molecule has 1 aromatic carbocycles. The number of nitrogens with one attached hydrogen (secondary N) is 1. The van der Waals surface area contributed by atoms with Crippen molar-refractivity contribution in [3.8, 4) is 5.69 Å². The van der Waals surface area contributed by atoms with Gasteiger partial charge in [-0.05, 0) is 44.7 Å². The van der Waals surface area contributed by atoms with Crippen LogP contribution in [-0.4, -0.2) is 40.4 Å². The first-order chi connectivity index (χ1) is 9.22. The van der Waals surface area contributed by atoms with Crippen molar-refractivity contribution >= 4 is 5.69 Å². The van der Waals surface area contributed by atoms with Crippen molar-refractivity contribution < 1.29 is 0 Å². The first-order valence-electron chi connectivity index (χ1n) is 6.79. The standard InChI is InChI=1S/C15H20N4/c1-12-9-14(11-18(12)2)17-13-5-3-6-15(10-13)19-8-4-7-16-19/h3-8,10,12,14,17H,9,11H2,1-2H3. The molecule has 0 aliphatic carbocycles. The van der Waals surface area contributed by atoms with E-state index in [1.165, 1.54) is 12.1 Å². The first kappa shape index (κ1) is 12.2. The molecule has 0 spiro atoms. The lowest BCUT2D eigenvalue weighted by molar-refractivity contribution is 0.330. The van der Waals surface area contributed by atoms with Gasteiger partial charge in [-0.2, -0.15) is 5.10 Å². The molecular weight excluding hydrogens is 236 g/mol. The van der Waals surface area contributed by atoms with Crippen LogP contribution in [0.2, 0.25) is 0 Å². The van der Waals surface area contributed by atoms with Crippen LogP contribution in [0, 0.1) is 0 Å². The van der Waals surface area contributed by atoms with Crippen molar-refractivity contribution in [1.29, 1.82) is 0 Å². The number of anilines is 1. The molecule has 0 radical (unpaired) electrons. The van der Waals surface area contributed by atoms with Crippen molar-refractivity contribution in [2.45, 2.75) is 25.4 Å². The fourth-order valence-corrected chi connectivity index (χ4v) is 2.69. The molecule has 0 amide bonds. The minimum Gasteiger partial charge on any atom is -0.381 e. The van der Waals surface area contributed by atoms with Crippen molar-refractivity contribution in [3.63, 3.8) is 0 Å². The molecule has 19 heavy (non-hydrogen) atoms. The molecule has 1 aliphatic rings. The van der Waals surface area contributed by atoms with Crippen molar-refractivity contribution in [2.24, 2.45) is 0 Å². The van der Waals surface area contributed by atoms with E-state index >= 15 is 0 Å². The van der Waals surface area contributed by atoms with Crippen LogP contribution in [0.4, 0.5) is 5.69 Å². The topological polar surface area (TPSA) is 33.1 Å². The third kappa shape index (κ3) is 2.63. The molecule has 100 valence electrons. The van der Waals surface area contributed by atoms with Gasteiger partial charge < -0.3 is 10.2 Å². The average molecular weight is 256 g/mol. The second-order valence-electron chi connectivity index (χ2n) is 5.37. The van der Waals surface area contributed by atoms with E-state index in [9.17, 15) is 0 Å². The van der Waals surface area contributed by atoms with Gasteiger partial charge in [-0.15, -0.1) is 0 Å². The summed E-state index contributed by atoms with van der Waals surface area (Å²) >= 11 is 0. The highest BCUT2D eigenvalue weighted by Crippen LogP contribution is 2.21. The van der Waals surface area contributed by atoms with E-state index < -0.39 is 0 Å². The summed E-state index contributed by atoms with van der Waals surface area (Å²) in [5.41, 5.74) is 2.26. The normalized spacial score (nSPS) is 23.7. The number of aromatic nitrogens is 2. The lowest BCUT2D eigenvalue weighted by atomic mass is 10.2. The molecule has 1 saturated heterocycles. The summed E-state index contributed by atoms with van der Waals surface area (Å²) in [7, 11) is 2.19. The number of likely N-dealkylation sites (tertiary alicyclic amines) is 1. The van der Waals surface area contributed by atoms with Gasteiger partial charge >= 0.3 is 0 Å². The molecule has 0 bridgehead atoms. The number of rotatable bonds is 3. The Labute approximate surface area is 114 Å². The molecule has 2 atom stereocenters. The van der Waals surface area contributed by atoms with E-state index in [2.05, 4.69) is 53.6 Å². The molecule has 4 nitrogen and oxygen atoms in total. The van der Waals surface area contributed by atoms with Gasteiger partial charge in [-0.1, -0.05) is 6.07 Å². The van der Waals surface area contributed by atoms with E-state index in [-0.39, 0.29) is 0 Å². The maximum absolute atomic E-state index is 4.26. The highest BCUT2D eigenvalue weighted by molar-refractivity contribution is 5.51. The van der Waals surface area contributed by atoms with Gasteiger partial charge in [0.05, 0.1) is 5.69 Å². The molecule has 0 saturated carbocycles. The Kier molecular flexibility index (Phi) is 3.25. The Hall–Kier alpha value is -1.81. The number of benzene rings is 1. The maximum Gasteiger partial charge on any atom is 0.0666 e. The molecule has 1 N–H and O–H groups in total. The molecule has 2 heterocycles. The number of hydrogen-bond acceptors (Lipinski definition) is 3. The van der Waals surface area contributed by atoms with Crippen LogP contribution in [0.25, 0.3) is 5.69 Å².